The Morgan fingerprint density at radius 3 is 2.62 bits per heavy atom. The van der Waals surface area contributed by atoms with Crippen molar-refractivity contribution in [3.8, 4) is 17.1 Å². The van der Waals surface area contributed by atoms with Crippen molar-refractivity contribution in [3.63, 3.8) is 0 Å². The molecule has 2 heterocycles. The maximum absolute atomic E-state index is 13.3. The topological polar surface area (TPSA) is 98.1 Å². The van der Waals surface area contributed by atoms with E-state index >= 15 is 0 Å². The van der Waals surface area contributed by atoms with E-state index < -0.39 is 0 Å². The number of carbonyl (C=O) groups excluding carboxylic acids is 2. The highest BCUT2D eigenvalue weighted by molar-refractivity contribution is 7.99. The number of aromatic nitrogens is 3. The quantitative estimate of drug-likeness (QED) is 0.175. The van der Waals surface area contributed by atoms with Crippen molar-refractivity contribution >= 4 is 39.9 Å². The molecule has 2 amide bonds. The van der Waals surface area contributed by atoms with Crippen LogP contribution >= 0.6 is 23.1 Å². The van der Waals surface area contributed by atoms with Gasteiger partial charge in [-0.2, -0.15) is 0 Å². The van der Waals surface area contributed by atoms with Crippen LogP contribution in [0.15, 0.2) is 72.4 Å². The predicted molar refractivity (Wildman–Crippen MR) is 160 cm³/mol. The lowest BCUT2D eigenvalue weighted by Crippen LogP contribution is -2.25. The molecule has 4 aromatic rings. The maximum atomic E-state index is 13.3. The standard InChI is InChI=1S/C30H31N5O3S2/c1-3-17-35-27(21-13-15-22(38-2)16-14-21)33-34-30(35)39-19-25(36)32-29-26(23-11-7-8-12-24(23)40-29)28(37)31-18-20-9-5-4-6-10-20/h3-6,9-10,13-16H,1,7-8,11-12,17-19H2,2H3,(H,31,37)(H,32,36). The second-order valence-corrected chi connectivity index (χ2v) is 11.4. The molecular formula is C30H31N5O3S2. The van der Waals surface area contributed by atoms with E-state index in [-0.39, 0.29) is 17.6 Å². The number of rotatable bonds is 11. The minimum atomic E-state index is -0.195. The van der Waals surface area contributed by atoms with Gasteiger partial charge in [0.25, 0.3) is 5.91 Å². The SMILES string of the molecule is C=CCn1c(SCC(=O)Nc2sc3c(c2C(=O)NCc2ccccc2)CCCC3)nnc1-c1ccc(OC)cc1. The van der Waals surface area contributed by atoms with Crippen LogP contribution in [-0.2, 0) is 30.7 Å². The van der Waals surface area contributed by atoms with Gasteiger partial charge in [-0.05, 0) is 61.1 Å². The van der Waals surface area contributed by atoms with Crippen molar-refractivity contribution in [1.82, 2.24) is 20.1 Å². The molecular weight excluding hydrogens is 542 g/mol. The molecule has 2 N–H and O–H groups in total. The first-order valence-corrected chi connectivity index (χ1v) is 15.0. The third kappa shape index (κ3) is 6.29. The monoisotopic (exact) mass is 573 g/mol. The van der Waals surface area contributed by atoms with Crippen LogP contribution in [0.2, 0.25) is 0 Å². The highest BCUT2D eigenvalue weighted by Crippen LogP contribution is 2.38. The van der Waals surface area contributed by atoms with Gasteiger partial charge in [-0.3, -0.25) is 14.2 Å². The average Bonchev–Trinajstić information content (AvgIpc) is 3.56. The van der Waals surface area contributed by atoms with Gasteiger partial charge in [0.15, 0.2) is 11.0 Å². The van der Waals surface area contributed by atoms with E-state index in [1.54, 1.807) is 13.2 Å². The molecule has 0 bridgehead atoms. The number of amides is 2. The third-order valence-electron chi connectivity index (χ3n) is 6.66. The van der Waals surface area contributed by atoms with Gasteiger partial charge in [0.1, 0.15) is 10.8 Å². The molecule has 40 heavy (non-hydrogen) atoms. The number of fused-ring (bicyclic) bond motifs is 1. The van der Waals surface area contributed by atoms with Crippen molar-refractivity contribution < 1.29 is 14.3 Å². The summed E-state index contributed by atoms with van der Waals surface area (Å²) in [5.74, 6) is 1.23. The predicted octanol–water partition coefficient (Wildman–Crippen LogP) is 5.74. The average molecular weight is 574 g/mol. The Bertz CT molecular complexity index is 1500. The summed E-state index contributed by atoms with van der Waals surface area (Å²) in [4.78, 5) is 27.6. The first-order valence-electron chi connectivity index (χ1n) is 13.1. The van der Waals surface area contributed by atoms with Crippen LogP contribution < -0.4 is 15.4 Å². The number of aryl methyl sites for hydroxylation is 1. The largest absolute Gasteiger partial charge is 0.497 e. The lowest BCUT2D eigenvalue weighted by atomic mass is 9.95. The molecule has 8 nitrogen and oxygen atoms in total. The molecule has 1 aliphatic rings. The fraction of sp³-hybridized carbons (Fsp3) is 0.267. The minimum absolute atomic E-state index is 0.130. The number of thioether (sulfide) groups is 1. The lowest BCUT2D eigenvalue weighted by molar-refractivity contribution is -0.113. The number of ether oxygens (including phenoxy) is 1. The Kier molecular flexibility index (Phi) is 8.98. The number of benzene rings is 2. The molecule has 0 atom stereocenters. The Hall–Kier alpha value is -3.89. The van der Waals surface area contributed by atoms with Crippen molar-refractivity contribution in [2.24, 2.45) is 0 Å². The summed E-state index contributed by atoms with van der Waals surface area (Å²) in [6, 6.07) is 17.4. The number of nitrogens with zero attached hydrogens (tertiary/aromatic N) is 3. The third-order valence-corrected chi connectivity index (χ3v) is 8.83. The summed E-state index contributed by atoms with van der Waals surface area (Å²) in [6.45, 7) is 4.80. The Balaban J connectivity index is 1.29. The number of carbonyl (C=O) groups is 2. The van der Waals surface area contributed by atoms with E-state index in [4.69, 9.17) is 4.74 Å². The maximum Gasteiger partial charge on any atom is 0.254 e. The molecule has 0 fully saturated rings. The molecule has 0 aliphatic heterocycles. The van der Waals surface area contributed by atoms with Gasteiger partial charge >= 0.3 is 0 Å². The molecule has 2 aromatic carbocycles. The summed E-state index contributed by atoms with van der Waals surface area (Å²) in [5.41, 5.74) is 3.59. The van der Waals surface area contributed by atoms with Crippen molar-refractivity contribution in [1.29, 1.82) is 0 Å². The van der Waals surface area contributed by atoms with E-state index in [2.05, 4.69) is 27.4 Å². The number of hydrogen-bond donors (Lipinski definition) is 2. The molecule has 5 rings (SSSR count). The normalized spacial score (nSPS) is 12.4. The van der Waals surface area contributed by atoms with Gasteiger partial charge < -0.3 is 15.4 Å². The molecule has 0 saturated heterocycles. The Morgan fingerprint density at radius 1 is 1.10 bits per heavy atom. The van der Waals surface area contributed by atoms with Gasteiger partial charge in [0.2, 0.25) is 5.91 Å². The zero-order valence-electron chi connectivity index (χ0n) is 22.3. The summed E-state index contributed by atoms with van der Waals surface area (Å²) in [5, 5.41) is 16.0. The van der Waals surface area contributed by atoms with Crippen LogP contribution in [0.25, 0.3) is 11.4 Å². The molecule has 1 aliphatic carbocycles. The molecule has 0 unspecified atom stereocenters. The van der Waals surface area contributed by atoms with Crippen molar-refractivity contribution in [2.75, 3.05) is 18.2 Å². The Labute approximate surface area is 241 Å². The lowest BCUT2D eigenvalue weighted by Gasteiger charge is -2.13. The summed E-state index contributed by atoms with van der Waals surface area (Å²) >= 11 is 2.82. The highest BCUT2D eigenvalue weighted by Gasteiger charge is 2.26. The van der Waals surface area contributed by atoms with Crippen LogP contribution in [0.3, 0.4) is 0 Å². The second-order valence-electron chi connectivity index (χ2n) is 9.35. The molecule has 0 saturated carbocycles. The summed E-state index contributed by atoms with van der Waals surface area (Å²) < 4.78 is 7.18. The summed E-state index contributed by atoms with van der Waals surface area (Å²) in [6.07, 6.45) is 5.70. The zero-order valence-corrected chi connectivity index (χ0v) is 23.9. The molecule has 10 heteroatoms. The number of hydrogen-bond acceptors (Lipinski definition) is 7. The fourth-order valence-electron chi connectivity index (χ4n) is 4.70. The van der Waals surface area contributed by atoms with Gasteiger partial charge in [-0.15, -0.1) is 28.1 Å². The first kappa shape index (κ1) is 27.7. The van der Waals surface area contributed by atoms with E-state index in [1.165, 1.54) is 28.0 Å². The van der Waals surface area contributed by atoms with Crippen molar-refractivity contribution in [3.05, 3.63) is 88.8 Å². The van der Waals surface area contributed by atoms with Crippen LogP contribution in [-0.4, -0.2) is 39.4 Å². The molecule has 206 valence electrons. The zero-order chi connectivity index (χ0) is 27.9. The van der Waals surface area contributed by atoms with Crippen molar-refractivity contribution in [2.45, 2.75) is 43.9 Å². The highest BCUT2D eigenvalue weighted by atomic mass is 32.2. The van der Waals surface area contributed by atoms with Gasteiger partial charge in [0, 0.05) is 23.5 Å². The van der Waals surface area contributed by atoms with E-state index in [0.29, 0.717) is 34.6 Å². The van der Waals surface area contributed by atoms with Gasteiger partial charge in [-0.25, -0.2) is 0 Å². The minimum Gasteiger partial charge on any atom is -0.497 e. The number of anilines is 1. The van der Waals surface area contributed by atoms with Gasteiger partial charge in [-0.1, -0.05) is 48.2 Å². The molecule has 0 radical (unpaired) electrons. The van der Waals surface area contributed by atoms with E-state index in [0.717, 1.165) is 48.1 Å². The fourth-order valence-corrected chi connectivity index (χ4v) is 6.75. The molecule has 2 aromatic heterocycles. The second kappa shape index (κ2) is 13.0. The first-order chi connectivity index (χ1) is 19.6. The number of allylic oxidation sites excluding steroid dienone is 1. The van der Waals surface area contributed by atoms with Crippen LogP contribution in [0.5, 0.6) is 5.75 Å². The Morgan fingerprint density at radius 2 is 1.88 bits per heavy atom. The van der Waals surface area contributed by atoms with E-state index in [9.17, 15) is 9.59 Å². The van der Waals surface area contributed by atoms with E-state index in [1.807, 2.05) is 59.2 Å². The number of nitrogens with one attached hydrogen (secondary N) is 2. The number of thiophene rings is 1. The number of methoxy groups -OCH3 is 1. The molecule has 0 spiro atoms. The van der Waals surface area contributed by atoms with Crippen LogP contribution in [0.4, 0.5) is 5.00 Å². The summed E-state index contributed by atoms with van der Waals surface area (Å²) in [7, 11) is 1.63. The smallest absolute Gasteiger partial charge is 0.254 e. The van der Waals surface area contributed by atoms with Gasteiger partial charge in [0.05, 0.1) is 18.4 Å². The van der Waals surface area contributed by atoms with Crippen LogP contribution in [0, 0.1) is 0 Å². The van der Waals surface area contributed by atoms with Crippen LogP contribution in [0.1, 0.15) is 39.2 Å².